The molecule has 1 aliphatic heterocycles. The lowest BCUT2D eigenvalue weighted by Crippen LogP contribution is -2.45. The van der Waals surface area contributed by atoms with Crippen LogP contribution in [0, 0.1) is 0 Å². The first-order chi connectivity index (χ1) is 10.0. The third-order valence-electron chi connectivity index (χ3n) is 3.82. The van der Waals surface area contributed by atoms with Gasteiger partial charge in [-0.25, -0.2) is 5.84 Å². The largest absolute Gasteiger partial charge is 0.388 e. The van der Waals surface area contributed by atoms with E-state index in [4.69, 9.17) is 10.6 Å². The molecule has 0 atom stereocenters. The number of rotatable bonds is 5. The molecule has 1 aliphatic rings. The van der Waals surface area contributed by atoms with Crippen LogP contribution in [0.3, 0.4) is 0 Å². The van der Waals surface area contributed by atoms with Crippen molar-refractivity contribution in [3.8, 4) is 0 Å². The Labute approximate surface area is 124 Å². The Kier molecular flexibility index (Phi) is 5.30. The van der Waals surface area contributed by atoms with Crippen molar-refractivity contribution in [1.29, 1.82) is 0 Å². The normalized spacial score (nSPS) is 17.7. The van der Waals surface area contributed by atoms with Crippen molar-refractivity contribution in [3.05, 3.63) is 35.4 Å². The summed E-state index contributed by atoms with van der Waals surface area (Å²) in [5.74, 6) is 4.91. The van der Waals surface area contributed by atoms with Crippen molar-refractivity contribution in [3.63, 3.8) is 0 Å². The molecule has 1 aromatic carbocycles. The minimum Gasteiger partial charge on any atom is -0.388 e. The number of nitrogens with one attached hydrogen (secondary N) is 1. The lowest BCUT2D eigenvalue weighted by atomic mass is 9.93. The molecule has 0 aromatic heterocycles. The van der Waals surface area contributed by atoms with Gasteiger partial charge in [0.2, 0.25) is 0 Å². The van der Waals surface area contributed by atoms with Crippen LogP contribution < -0.4 is 11.3 Å². The number of aliphatic hydroxyl groups is 1. The molecule has 1 aromatic rings. The quantitative estimate of drug-likeness (QED) is 0.412. The van der Waals surface area contributed by atoms with Gasteiger partial charge in [0.25, 0.3) is 5.91 Å². The van der Waals surface area contributed by atoms with Gasteiger partial charge >= 0.3 is 0 Å². The molecule has 0 bridgehead atoms. The number of carbonyl (C=O) groups is 1. The maximum atomic E-state index is 11.7. The summed E-state index contributed by atoms with van der Waals surface area (Å²) in [5, 5.41) is 10.5. The highest BCUT2D eigenvalue weighted by molar-refractivity contribution is 5.95. The van der Waals surface area contributed by atoms with Gasteiger partial charge in [-0.05, 0) is 18.7 Å². The van der Waals surface area contributed by atoms with Crippen LogP contribution in [0.4, 0.5) is 0 Å². The standard InChI is InChI=1S/C15H23N3O3/c1-18(11-15(20)6-8-21-9-7-15)10-12-4-2-3-5-13(12)14(19)17-16/h2-5,20H,6-11,16H2,1H3,(H,17,19). The Morgan fingerprint density at radius 3 is 2.76 bits per heavy atom. The zero-order valence-electron chi connectivity index (χ0n) is 12.3. The molecule has 2 rings (SSSR count). The van der Waals surface area contributed by atoms with Crippen molar-refractivity contribution < 1.29 is 14.6 Å². The summed E-state index contributed by atoms with van der Waals surface area (Å²) in [4.78, 5) is 13.8. The van der Waals surface area contributed by atoms with E-state index in [9.17, 15) is 9.90 Å². The van der Waals surface area contributed by atoms with Gasteiger partial charge in [0.15, 0.2) is 0 Å². The zero-order valence-corrected chi connectivity index (χ0v) is 12.3. The smallest absolute Gasteiger partial charge is 0.265 e. The predicted molar refractivity (Wildman–Crippen MR) is 79.4 cm³/mol. The first kappa shape index (κ1) is 15.9. The number of likely N-dealkylation sites (N-methyl/N-ethyl adjacent to an activating group) is 1. The van der Waals surface area contributed by atoms with Crippen LogP contribution in [-0.4, -0.2) is 48.3 Å². The van der Waals surface area contributed by atoms with E-state index in [2.05, 4.69) is 5.43 Å². The molecule has 116 valence electrons. The SMILES string of the molecule is CN(Cc1ccccc1C(=O)NN)CC1(O)CCOCC1. The number of amides is 1. The number of ether oxygens (including phenoxy) is 1. The van der Waals surface area contributed by atoms with Gasteiger partial charge in [-0.15, -0.1) is 0 Å². The molecule has 0 spiro atoms. The molecule has 1 amide bonds. The van der Waals surface area contributed by atoms with Crippen LogP contribution in [-0.2, 0) is 11.3 Å². The van der Waals surface area contributed by atoms with Gasteiger partial charge in [0, 0.05) is 44.7 Å². The van der Waals surface area contributed by atoms with E-state index in [-0.39, 0.29) is 5.91 Å². The summed E-state index contributed by atoms with van der Waals surface area (Å²) in [6.07, 6.45) is 1.28. The molecular formula is C15H23N3O3. The zero-order chi connectivity index (χ0) is 15.3. The van der Waals surface area contributed by atoms with Crippen LogP contribution in [0.15, 0.2) is 24.3 Å². The van der Waals surface area contributed by atoms with Gasteiger partial charge in [0.05, 0.1) is 5.60 Å². The highest BCUT2D eigenvalue weighted by Gasteiger charge is 2.31. The third kappa shape index (κ3) is 4.25. The first-order valence-corrected chi connectivity index (χ1v) is 7.11. The van der Waals surface area contributed by atoms with Crippen molar-refractivity contribution in [2.24, 2.45) is 5.84 Å². The van der Waals surface area contributed by atoms with Crippen molar-refractivity contribution >= 4 is 5.91 Å². The van der Waals surface area contributed by atoms with E-state index in [0.29, 0.717) is 44.7 Å². The van der Waals surface area contributed by atoms with Gasteiger partial charge in [-0.2, -0.15) is 0 Å². The minimum atomic E-state index is -0.710. The third-order valence-corrected chi connectivity index (χ3v) is 3.82. The highest BCUT2D eigenvalue weighted by Crippen LogP contribution is 2.22. The van der Waals surface area contributed by atoms with Gasteiger partial charge in [-0.3, -0.25) is 15.1 Å². The van der Waals surface area contributed by atoms with Crippen molar-refractivity contribution in [2.45, 2.75) is 25.0 Å². The molecule has 0 aliphatic carbocycles. The average molecular weight is 293 g/mol. The van der Waals surface area contributed by atoms with E-state index in [1.165, 1.54) is 0 Å². The number of hydrogen-bond donors (Lipinski definition) is 3. The fourth-order valence-corrected chi connectivity index (χ4v) is 2.72. The number of nitrogen functional groups attached to an aromatic ring is 1. The summed E-state index contributed by atoms with van der Waals surface area (Å²) < 4.78 is 5.28. The second-order valence-corrected chi connectivity index (χ2v) is 5.64. The van der Waals surface area contributed by atoms with Gasteiger partial charge in [0.1, 0.15) is 0 Å². The monoisotopic (exact) mass is 293 g/mol. The van der Waals surface area contributed by atoms with Crippen LogP contribution >= 0.6 is 0 Å². The molecule has 1 fully saturated rings. The molecule has 0 saturated carbocycles. The Bertz CT molecular complexity index is 487. The van der Waals surface area contributed by atoms with Gasteiger partial charge in [-0.1, -0.05) is 18.2 Å². The Morgan fingerprint density at radius 1 is 1.43 bits per heavy atom. The Hall–Kier alpha value is -1.47. The van der Waals surface area contributed by atoms with Gasteiger partial charge < -0.3 is 9.84 Å². The fourth-order valence-electron chi connectivity index (χ4n) is 2.72. The van der Waals surface area contributed by atoms with Crippen molar-refractivity contribution in [2.75, 3.05) is 26.8 Å². The number of carbonyl (C=O) groups excluding carboxylic acids is 1. The lowest BCUT2D eigenvalue weighted by molar-refractivity contribution is -0.0777. The number of benzene rings is 1. The summed E-state index contributed by atoms with van der Waals surface area (Å²) in [6.45, 7) is 2.31. The van der Waals surface area contributed by atoms with Crippen LogP contribution in [0.5, 0.6) is 0 Å². The molecule has 1 heterocycles. The molecule has 1 saturated heterocycles. The number of nitrogens with zero attached hydrogens (tertiary/aromatic N) is 1. The van der Waals surface area contributed by atoms with E-state index in [1.54, 1.807) is 12.1 Å². The number of nitrogens with two attached hydrogens (primary N) is 1. The summed E-state index contributed by atoms with van der Waals surface area (Å²) in [5.41, 5.74) is 2.90. The predicted octanol–water partition coefficient (Wildman–Crippen LogP) is 0.263. The van der Waals surface area contributed by atoms with E-state index in [0.717, 1.165) is 5.56 Å². The van der Waals surface area contributed by atoms with E-state index >= 15 is 0 Å². The molecule has 4 N–H and O–H groups in total. The molecule has 21 heavy (non-hydrogen) atoms. The van der Waals surface area contributed by atoms with Crippen LogP contribution in [0.25, 0.3) is 0 Å². The molecule has 6 nitrogen and oxygen atoms in total. The van der Waals surface area contributed by atoms with Crippen molar-refractivity contribution in [1.82, 2.24) is 10.3 Å². The molecule has 6 heteroatoms. The van der Waals surface area contributed by atoms with Crippen LogP contribution in [0.2, 0.25) is 0 Å². The second kappa shape index (κ2) is 7.00. The Morgan fingerprint density at radius 2 is 2.10 bits per heavy atom. The second-order valence-electron chi connectivity index (χ2n) is 5.64. The summed E-state index contributed by atoms with van der Waals surface area (Å²) in [7, 11) is 1.94. The lowest BCUT2D eigenvalue weighted by Gasteiger charge is -2.35. The average Bonchev–Trinajstić information content (AvgIpc) is 2.47. The highest BCUT2D eigenvalue weighted by atomic mass is 16.5. The number of hydrazine groups is 1. The number of hydrogen-bond acceptors (Lipinski definition) is 5. The van der Waals surface area contributed by atoms with E-state index < -0.39 is 5.60 Å². The molecule has 0 radical (unpaired) electrons. The summed E-state index contributed by atoms with van der Waals surface area (Å²) >= 11 is 0. The first-order valence-electron chi connectivity index (χ1n) is 7.11. The minimum absolute atomic E-state index is 0.302. The van der Waals surface area contributed by atoms with Crippen LogP contribution in [0.1, 0.15) is 28.8 Å². The molecular weight excluding hydrogens is 270 g/mol. The molecule has 0 unspecified atom stereocenters. The Balaban J connectivity index is 2.02. The fraction of sp³-hybridized carbons (Fsp3) is 0.533. The summed E-state index contributed by atoms with van der Waals surface area (Å²) in [6, 6.07) is 7.34. The maximum Gasteiger partial charge on any atom is 0.265 e. The van der Waals surface area contributed by atoms with E-state index in [1.807, 2.05) is 24.1 Å². The maximum absolute atomic E-state index is 11.7. The topological polar surface area (TPSA) is 87.8 Å².